The summed E-state index contributed by atoms with van der Waals surface area (Å²) in [5, 5.41) is 0.504. The van der Waals surface area contributed by atoms with Crippen LogP contribution in [-0.4, -0.2) is 33.3 Å². The van der Waals surface area contributed by atoms with E-state index in [1.165, 1.54) is 0 Å². The zero-order chi connectivity index (χ0) is 26.5. The molecule has 2 aromatic carbocycles. The minimum atomic E-state index is -0.495. The lowest BCUT2D eigenvalue weighted by Crippen LogP contribution is -2.41. The number of nitrogens with two attached hydrogens (primary N) is 1. The molecule has 0 aliphatic rings. The summed E-state index contributed by atoms with van der Waals surface area (Å²) in [5.41, 5.74) is 8.66. The molecule has 0 bridgehead atoms. The van der Waals surface area contributed by atoms with Crippen molar-refractivity contribution in [3.63, 3.8) is 0 Å². The fourth-order valence-corrected chi connectivity index (χ4v) is 5.01. The van der Waals surface area contributed by atoms with Gasteiger partial charge in [0.15, 0.2) is 0 Å². The highest BCUT2D eigenvalue weighted by Gasteiger charge is 2.33. The SMILES string of the molecule is CC(C)C(c1nc2ccccn2c(=O)c1Cc1ccccc1)N(CCCN)C(=O)c1cccc(Cl)c1Cl. The second-order valence-corrected chi connectivity index (χ2v) is 10.1. The Hall–Kier alpha value is -3.19. The summed E-state index contributed by atoms with van der Waals surface area (Å²) in [5.74, 6) is -0.340. The van der Waals surface area contributed by atoms with Crippen LogP contribution in [0, 0.1) is 5.92 Å². The molecular weight excluding hydrogens is 507 g/mol. The second-order valence-electron chi connectivity index (χ2n) is 9.30. The van der Waals surface area contributed by atoms with Crippen LogP contribution in [0.3, 0.4) is 0 Å². The van der Waals surface area contributed by atoms with E-state index in [1.54, 1.807) is 45.8 Å². The van der Waals surface area contributed by atoms with Crippen LogP contribution in [0.4, 0.5) is 0 Å². The van der Waals surface area contributed by atoms with Crippen molar-refractivity contribution in [2.45, 2.75) is 32.7 Å². The minimum Gasteiger partial charge on any atom is -0.330 e. The van der Waals surface area contributed by atoms with Gasteiger partial charge in [0.2, 0.25) is 0 Å². The molecule has 0 spiro atoms. The van der Waals surface area contributed by atoms with Gasteiger partial charge in [0, 0.05) is 24.7 Å². The number of hydrogen-bond donors (Lipinski definition) is 1. The molecule has 0 radical (unpaired) electrons. The molecule has 0 fully saturated rings. The summed E-state index contributed by atoms with van der Waals surface area (Å²) < 4.78 is 1.55. The van der Waals surface area contributed by atoms with Crippen molar-refractivity contribution in [2.24, 2.45) is 11.7 Å². The first-order valence-corrected chi connectivity index (χ1v) is 13.1. The Morgan fingerprint density at radius 2 is 1.76 bits per heavy atom. The number of nitrogens with zero attached hydrogens (tertiary/aromatic N) is 3. The van der Waals surface area contributed by atoms with Gasteiger partial charge in [0.1, 0.15) is 5.65 Å². The summed E-state index contributed by atoms with van der Waals surface area (Å²) in [6, 6.07) is 19.8. The van der Waals surface area contributed by atoms with Crippen molar-refractivity contribution in [1.29, 1.82) is 0 Å². The first kappa shape index (κ1) is 26.9. The van der Waals surface area contributed by atoms with E-state index in [2.05, 4.69) is 0 Å². The third kappa shape index (κ3) is 5.72. The molecule has 4 rings (SSSR count). The first-order chi connectivity index (χ1) is 17.8. The first-order valence-electron chi connectivity index (χ1n) is 12.3. The molecule has 1 atom stereocenters. The molecule has 2 aromatic heterocycles. The van der Waals surface area contributed by atoms with Crippen LogP contribution in [0.1, 0.15) is 53.5 Å². The van der Waals surface area contributed by atoms with Crippen molar-refractivity contribution in [2.75, 3.05) is 13.1 Å². The number of halogens is 2. The Morgan fingerprint density at radius 1 is 1.03 bits per heavy atom. The predicted octanol–water partition coefficient (Wildman–Crippen LogP) is 5.78. The molecule has 1 amide bonds. The van der Waals surface area contributed by atoms with E-state index in [9.17, 15) is 9.59 Å². The van der Waals surface area contributed by atoms with Gasteiger partial charge in [-0.1, -0.05) is 79.5 Å². The highest BCUT2D eigenvalue weighted by molar-refractivity contribution is 6.43. The van der Waals surface area contributed by atoms with Gasteiger partial charge in [-0.3, -0.25) is 14.0 Å². The van der Waals surface area contributed by atoms with E-state index in [1.807, 2.05) is 50.2 Å². The molecule has 6 nitrogen and oxygen atoms in total. The number of benzene rings is 2. The average Bonchev–Trinajstić information content (AvgIpc) is 2.90. The van der Waals surface area contributed by atoms with Crippen LogP contribution in [0.25, 0.3) is 5.65 Å². The van der Waals surface area contributed by atoms with E-state index in [0.29, 0.717) is 53.4 Å². The Kier molecular flexibility index (Phi) is 8.64. The van der Waals surface area contributed by atoms with Gasteiger partial charge >= 0.3 is 0 Å². The van der Waals surface area contributed by atoms with Gasteiger partial charge in [0.05, 0.1) is 27.3 Å². The molecular formula is C29H30Cl2N4O2. The van der Waals surface area contributed by atoms with Crippen LogP contribution in [0.5, 0.6) is 0 Å². The summed E-state index contributed by atoms with van der Waals surface area (Å²) in [6.07, 6.45) is 2.68. The standard InChI is InChI=1S/C29H30Cl2N4O2/c1-19(2)27(35(17-9-15-32)28(36)21-12-8-13-23(30)25(21)31)26-22(18-20-10-4-3-5-11-20)29(37)34-16-7-6-14-24(34)33-26/h3-8,10-14,16,19,27H,9,15,17-18,32H2,1-2H3. The largest absolute Gasteiger partial charge is 0.330 e. The highest BCUT2D eigenvalue weighted by atomic mass is 35.5. The Balaban J connectivity index is 1.93. The number of amides is 1. The van der Waals surface area contributed by atoms with Crippen molar-refractivity contribution in [3.8, 4) is 0 Å². The molecule has 0 aliphatic carbocycles. The van der Waals surface area contributed by atoms with Gasteiger partial charge in [-0.15, -0.1) is 0 Å². The molecule has 4 aromatic rings. The number of hydrogen-bond acceptors (Lipinski definition) is 4. The van der Waals surface area contributed by atoms with Crippen LogP contribution in [0.15, 0.2) is 77.7 Å². The van der Waals surface area contributed by atoms with Crippen LogP contribution in [-0.2, 0) is 6.42 Å². The van der Waals surface area contributed by atoms with E-state index in [4.69, 9.17) is 33.9 Å². The Morgan fingerprint density at radius 3 is 2.46 bits per heavy atom. The predicted molar refractivity (Wildman–Crippen MR) is 149 cm³/mol. The number of pyridine rings is 1. The molecule has 37 heavy (non-hydrogen) atoms. The number of aromatic nitrogens is 2. The lowest BCUT2D eigenvalue weighted by molar-refractivity contribution is 0.0614. The molecule has 8 heteroatoms. The summed E-state index contributed by atoms with van der Waals surface area (Å²) in [7, 11) is 0. The highest BCUT2D eigenvalue weighted by Crippen LogP contribution is 2.34. The third-order valence-corrected chi connectivity index (χ3v) is 7.20. The third-order valence-electron chi connectivity index (χ3n) is 6.38. The summed E-state index contributed by atoms with van der Waals surface area (Å²) in [6.45, 7) is 4.83. The fourth-order valence-electron chi connectivity index (χ4n) is 4.63. The fraction of sp³-hybridized carbons (Fsp3) is 0.276. The number of carbonyl (C=O) groups excluding carboxylic acids is 1. The van der Waals surface area contributed by atoms with Gasteiger partial charge < -0.3 is 10.6 Å². The topological polar surface area (TPSA) is 80.7 Å². The van der Waals surface area contributed by atoms with Gasteiger partial charge in [-0.25, -0.2) is 4.98 Å². The molecule has 192 valence electrons. The smallest absolute Gasteiger partial charge is 0.261 e. The number of rotatable bonds is 9. The Bertz CT molecular complexity index is 1450. The average molecular weight is 537 g/mol. The minimum absolute atomic E-state index is 0.0627. The van der Waals surface area contributed by atoms with Gasteiger partial charge in [-0.05, 0) is 48.7 Å². The summed E-state index contributed by atoms with van der Waals surface area (Å²) >= 11 is 12.7. The number of fused-ring (bicyclic) bond motifs is 1. The normalized spacial score (nSPS) is 12.2. The van der Waals surface area contributed by atoms with Gasteiger partial charge in [0.25, 0.3) is 11.5 Å². The van der Waals surface area contributed by atoms with Crippen molar-refractivity contribution in [3.05, 3.63) is 116 Å². The molecule has 0 aliphatic heterocycles. The lowest BCUT2D eigenvalue weighted by atomic mass is 9.92. The van der Waals surface area contributed by atoms with Crippen LogP contribution in [0.2, 0.25) is 10.0 Å². The van der Waals surface area contributed by atoms with E-state index < -0.39 is 6.04 Å². The monoisotopic (exact) mass is 536 g/mol. The number of carbonyl (C=O) groups is 1. The lowest BCUT2D eigenvalue weighted by Gasteiger charge is -2.35. The van der Waals surface area contributed by atoms with E-state index in [0.717, 1.165) is 5.56 Å². The maximum Gasteiger partial charge on any atom is 0.261 e. The van der Waals surface area contributed by atoms with E-state index >= 15 is 0 Å². The summed E-state index contributed by atoms with van der Waals surface area (Å²) in [4.78, 5) is 34.5. The second kappa shape index (κ2) is 11.9. The molecule has 2 heterocycles. The molecule has 0 saturated carbocycles. The van der Waals surface area contributed by atoms with Crippen molar-refractivity contribution < 1.29 is 4.79 Å². The Labute approximate surface area is 226 Å². The zero-order valence-corrected chi connectivity index (χ0v) is 22.4. The van der Waals surface area contributed by atoms with Crippen molar-refractivity contribution in [1.82, 2.24) is 14.3 Å². The zero-order valence-electron chi connectivity index (χ0n) is 20.9. The molecule has 2 N–H and O–H groups in total. The quantitative estimate of drug-likeness (QED) is 0.294. The maximum absolute atomic E-state index is 14.0. The van der Waals surface area contributed by atoms with Crippen LogP contribution >= 0.6 is 23.2 Å². The molecule has 1 unspecified atom stereocenters. The molecule has 0 saturated heterocycles. The maximum atomic E-state index is 14.0. The van der Waals surface area contributed by atoms with Crippen molar-refractivity contribution >= 4 is 34.8 Å². The van der Waals surface area contributed by atoms with Gasteiger partial charge in [-0.2, -0.15) is 0 Å². The van der Waals surface area contributed by atoms with E-state index in [-0.39, 0.29) is 22.4 Å². The van der Waals surface area contributed by atoms with Crippen LogP contribution < -0.4 is 11.3 Å².